The lowest BCUT2D eigenvalue weighted by atomic mass is 10.1. The Labute approximate surface area is 121 Å². The van der Waals surface area contributed by atoms with Crippen molar-refractivity contribution in [3.63, 3.8) is 0 Å². The Morgan fingerprint density at radius 3 is 2.60 bits per heavy atom. The van der Waals surface area contributed by atoms with Crippen LogP contribution in [0.4, 0.5) is 0 Å². The first-order chi connectivity index (χ1) is 9.55. The summed E-state index contributed by atoms with van der Waals surface area (Å²) in [5.41, 5.74) is 7.81. The third-order valence-corrected chi connectivity index (χ3v) is 3.03. The van der Waals surface area contributed by atoms with E-state index in [4.69, 9.17) is 22.6 Å². The Bertz CT molecular complexity index is 718. The molecule has 0 spiro atoms. The molecular weight excluding hydrogens is 274 g/mol. The molecule has 0 aliphatic carbocycles. The summed E-state index contributed by atoms with van der Waals surface area (Å²) in [7, 11) is 0. The number of nitriles is 2. The highest BCUT2D eigenvalue weighted by atomic mass is 35.5. The van der Waals surface area contributed by atoms with Gasteiger partial charge in [0.25, 0.3) is 0 Å². The van der Waals surface area contributed by atoms with Crippen LogP contribution in [0.2, 0.25) is 5.02 Å². The summed E-state index contributed by atoms with van der Waals surface area (Å²) in [6.07, 6.45) is 1.66. The standard InChI is InChI=1S/C14H12ClN5/c1-9(18)7-20-8-12(6-17)14(19-20)10-2-3-11(5-16)13(15)4-10/h2-4,8-9H,7,18H2,1H3/t9-/m0/s1. The zero-order chi connectivity index (χ0) is 14.7. The lowest BCUT2D eigenvalue weighted by Crippen LogP contribution is -2.22. The topological polar surface area (TPSA) is 91.4 Å². The van der Waals surface area contributed by atoms with Gasteiger partial charge in [-0.2, -0.15) is 15.6 Å². The summed E-state index contributed by atoms with van der Waals surface area (Å²) < 4.78 is 1.64. The zero-order valence-corrected chi connectivity index (χ0v) is 11.6. The Balaban J connectivity index is 2.47. The largest absolute Gasteiger partial charge is 0.326 e. The van der Waals surface area contributed by atoms with Crippen LogP contribution >= 0.6 is 11.6 Å². The molecule has 1 atom stereocenters. The van der Waals surface area contributed by atoms with E-state index in [2.05, 4.69) is 11.2 Å². The third-order valence-electron chi connectivity index (χ3n) is 2.72. The van der Waals surface area contributed by atoms with E-state index in [1.54, 1.807) is 29.1 Å². The van der Waals surface area contributed by atoms with E-state index >= 15 is 0 Å². The molecule has 0 unspecified atom stereocenters. The minimum Gasteiger partial charge on any atom is -0.326 e. The number of nitrogens with two attached hydrogens (primary N) is 1. The van der Waals surface area contributed by atoms with Crippen LogP contribution in [0, 0.1) is 22.7 Å². The first-order valence-corrected chi connectivity index (χ1v) is 6.36. The Kier molecular flexibility index (Phi) is 4.05. The van der Waals surface area contributed by atoms with Gasteiger partial charge in [-0.25, -0.2) is 0 Å². The quantitative estimate of drug-likeness (QED) is 0.936. The molecule has 100 valence electrons. The van der Waals surface area contributed by atoms with Crippen LogP contribution in [-0.2, 0) is 6.54 Å². The highest BCUT2D eigenvalue weighted by molar-refractivity contribution is 6.32. The van der Waals surface area contributed by atoms with Gasteiger partial charge in [-0.15, -0.1) is 0 Å². The number of hydrogen-bond acceptors (Lipinski definition) is 4. The summed E-state index contributed by atoms with van der Waals surface area (Å²) in [5, 5.41) is 22.7. The molecule has 0 aliphatic heterocycles. The maximum absolute atomic E-state index is 9.18. The van der Waals surface area contributed by atoms with E-state index in [0.29, 0.717) is 34.0 Å². The fourth-order valence-corrected chi connectivity index (χ4v) is 2.08. The van der Waals surface area contributed by atoms with Crippen molar-refractivity contribution in [2.45, 2.75) is 19.5 Å². The van der Waals surface area contributed by atoms with Gasteiger partial charge in [0, 0.05) is 17.8 Å². The molecule has 2 N–H and O–H groups in total. The lowest BCUT2D eigenvalue weighted by Gasteiger charge is -2.04. The van der Waals surface area contributed by atoms with E-state index in [1.807, 2.05) is 13.0 Å². The van der Waals surface area contributed by atoms with Crippen molar-refractivity contribution in [2.24, 2.45) is 5.73 Å². The number of benzene rings is 1. The van der Waals surface area contributed by atoms with Crippen molar-refractivity contribution in [1.29, 1.82) is 10.5 Å². The molecule has 0 fully saturated rings. The van der Waals surface area contributed by atoms with Crippen LogP contribution in [0.25, 0.3) is 11.3 Å². The van der Waals surface area contributed by atoms with Gasteiger partial charge < -0.3 is 5.73 Å². The normalized spacial score (nSPS) is 11.7. The number of aromatic nitrogens is 2. The third kappa shape index (κ3) is 2.80. The zero-order valence-electron chi connectivity index (χ0n) is 10.8. The van der Waals surface area contributed by atoms with Gasteiger partial charge in [0.05, 0.1) is 22.7 Å². The van der Waals surface area contributed by atoms with Crippen molar-refractivity contribution in [3.8, 4) is 23.4 Å². The molecule has 0 saturated carbocycles. The number of halogens is 1. The molecule has 0 amide bonds. The van der Waals surface area contributed by atoms with Gasteiger partial charge in [0.1, 0.15) is 17.8 Å². The minimum absolute atomic E-state index is 0.0566. The number of nitrogens with zero attached hydrogens (tertiary/aromatic N) is 4. The Morgan fingerprint density at radius 2 is 2.05 bits per heavy atom. The molecule has 2 aromatic rings. The Hall–Kier alpha value is -2.34. The maximum Gasteiger partial charge on any atom is 0.110 e. The van der Waals surface area contributed by atoms with Gasteiger partial charge in [-0.1, -0.05) is 17.7 Å². The van der Waals surface area contributed by atoms with Crippen LogP contribution in [0.3, 0.4) is 0 Å². The summed E-state index contributed by atoms with van der Waals surface area (Å²) >= 11 is 6.01. The smallest absolute Gasteiger partial charge is 0.110 e. The predicted octanol–water partition coefficient (Wildman–Crippen LogP) is 2.29. The first-order valence-electron chi connectivity index (χ1n) is 5.98. The van der Waals surface area contributed by atoms with E-state index < -0.39 is 0 Å². The second-order valence-corrected chi connectivity index (χ2v) is 4.92. The number of rotatable bonds is 3. The SMILES string of the molecule is C[C@H](N)Cn1cc(C#N)c(-c2ccc(C#N)c(Cl)c2)n1. The minimum atomic E-state index is -0.0566. The van der Waals surface area contributed by atoms with E-state index in [1.165, 1.54) is 0 Å². The molecular formula is C14H12ClN5. The molecule has 1 heterocycles. The average Bonchev–Trinajstić information content (AvgIpc) is 2.80. The van der Waals surface area contributed by atoms with Gasteiger partial charge in [-0.3, -0.25) is 4.68 Å². The lowest BCUT2D eigenvalue weighted by molar-refractivity contribution is 0.540. The van der Waals surface area contributed by atoms with Crippen molar-refractivity contribution in [3.05, 3.63) is 40.5 Å². The van der Waals surface area contributed by atoms with Gasteiger partial charge in [-0.05, 0) is 19.1 Å². The summed E-state index contributed by atoms with van der Waals surface area (Å²) in [6.45, 7) is 2.39. The molecule has 1 aromatic heterocycles. The summed E-state index contributed by atoms with van der Waals surface area (Å²) in [4.78, 5) is 0. The molecule has 1 aromatic carbocycles. The van der Waals surface area contributed by atoms with Gasteiger partial charge >= 0.3 is 0 Å². The second kappa shape index (κ2) is 5.75. The molecule has 2 rings (SSSR count). The van der Waals surface area contributed by atoms with E-state index in [0.717, 1.165) is 0 Å². The van der Waals surface area contributed by atoms with Crippen molar-refractivity contribution < 1.29 is 0 Å². The van der Waals surface area contributed by atoms with Crippen LogP contribution in [0.1, 0.15) is 18.1 Å². The molecule has 0 bridgehead atoms. The molecule has 0 radical (unpaired) electrons. The molecule has 0 aliphatic rings. The molecule has 20 heavy (non-hydrogen) atoms. The van der Waals surface area contributed by atoms with Crippen LogP contribution in [0.15, 0.2) is 24.4 Å². The predicted molar refractivity (Wildman–Crippen MR) is 75.8 cm³/mol. The first kappa shape index (κ1) is 14.1. The highest BCUT2D eigenvalue weighted by Crippen LogP contribution is 2.26. The monoisotopic (exact) mass is 285 g/mol. The summed E-state index contributed by atoms with van der Waals surface area (Å²) in [6, 6.07) is 9.02. The highest BCUT2D eigenvalue weighted by Gasteiger charge is 2.13. The second-order valence-electron chi connectivity index (χ2n) is 4.51. The van der Waals surface area contributed by atoms with Crippen molar-refractivity contribution in [2.75, 3.05) is 0 Å². The molecule has 5 nitrogen and oxygen atoms in total. The van der Waals surface area contributed by atoms with Gasteiger partial charge in [0.2, 0.25) is 0 Å². The molecule has 0 saturated heterocycles. The summed E-state index contributed by atoms with van der Waals surface area (Å²) in [5.74, 6) is 0. The van der Waals surface area contributed by atoms with Crippen LogP contribution in [-0.4, -0.2) is 15.8 Å². The van der Waals surface area contributed by atoms with E-state index in [-0.39, 0.29) is 6.04 Å². The van der Waals surface area contributed by atoms with Crippen molar-refractivity contribution in [1.82, 2.24) is 9.78 Å². The van der Waals surface area contributed by atoms with Crippen molar-refractivity contribution >= 4 is 11.6 Å². The fourth-order valence-electron chi connectivity index (χ4n) is 1.86. The number of hydrogen-bond donors (Lipinski definition) is 1. The molecule has 6 heteroatoms. The fraction of sp³-hybridized carbons (Fsp3) is 0.214. The van der Waals surface area contributed by atoms with Gasteiger partial charge in [0.15, 0.2) is 0 Å². The maximum atomic E-state index is 9.18. The van der Waals surface area contributed by atoms with Crippen LogP contribution in [0.5, 0.6) is 0 Å². The van der Waals surface area contributed by atoms with E-state index in [9.17, 15) is 5.26 Å². The van der Waals surface area contributed by atoms with Crippen LogP contribution < -0.4 is 5.73 Å². The average molecular weight is 286 g/mol. The Morgan fingerprint density at radius 1 is 1.35 bits per heavy atom.